The van der Waals surface area contributed by atoms with Gasteiger partial charge in [-0.2, -0.15) is 4.73 Å². The maximum atomic E-state index is 15.3. The highest BCUT2D eigenvalue weighted by atomic mass is 35.5. The summed E-state index contributed by atoms with van der Waals surface area (Å²) >= 11 is 13.0. The lowest BCUT2D eigenvalue weighted by atomic mass is 9.82. The Balaban J connectivity index is 1.44. The van der Waals surface area contributed by atoms with Crippen LogP contribution in [0, 0.1) is 22.8 Å². The molecule has 0 radical (unpaired) electrons. The number of fused-ring (bicyclic) bond motifs is 3. The number of halogens is 4. The molecule has 2 bridgehead atoms. The number of methoxy groups -OCH3 is 2. The van der Waals surface area contributed by atoms with Crippen molar-refractivity contribution in [1.82, 2.24) is 4.90 Å². The fraction of sp³-hybridized carbons (Fsp3) is 0.324. The van der Waals surface area contributed by atoms with Gasteiger partial charge in [0.15, 0.2) is 23.9 Å². The number of carbonyl (C=O) groups excluding carboxylic acids is 1. The number of benzene rings is 3. The van der Waals surface area contributed by atoms with Crippen LogP contribution in [0.5, 0.6) is 11.5 Å². The first-order valence-corrected chi connectivity index (χ1v) is 17.0. The van der Waals surface area contributed by atoms with Gasteiger partial charge in [-0.3, -0.25) is 9.80 Å². The van der Waals surface area contributed by atoms with E-state index in [1.54, 1.807) is 24.3 Å². The van der Waals surface area contributed by atoms with Gasteiger partial charge in [-0.15, -0.1) is 0 Å². The predicted molar refractivity (Wildman–Crippen MR) is 186 cm³/mol. The summed E-state index contributed by atoms with van der Waals surface area (Å²) in [4.78, 5) is 29.8. The zero-order chi connectivity index (χ0) is 36.4. The molecule has 7 rings (SSSR count). The quantitative estimate of drug-likeness (QED) is 0.127. The molecule has 4 aromatic rings. The maximum absolute atomic E-state index is 15.3. The molecular weight excluding hydrogens is 707 g/mol. The van der Waals surface area contributed by atoms with E-state index in [4.69, 9.17) is 37.4 Å². The van der Waals surface area contributed by atoms with Gasteiger partial charge in [-0.05, 0) is 85.3 Å². The average molecular weight is 743 g/mol. The molecule has 0 spiro atoms. The number of nitrogens with zero attached hydrogens (tertiary/aromatic N) is 3. The molecule has 4 heterocycles. The lowest BCUT2D eigenvalue weighted by Crippen LogP contribution is -2.53. The van der Waals surface area contributed by atoms with Crippen molar-refractivity contribution in [2.75, 3.05) is 38.8 Å². The Morgan fingerprint density at radius 3 is 2.33 bits per heavy atom. The molecule has 3 fully saturated rings. The number of rotatable bonds is 11. The molecule has 3 saturated heterocycles. The topological polar surface area (TPSA) is 115 Å². The Bertz CT molecular complexity index is 1930. The fourth-order valence-corrected chi connectivity index (χ4v) is 7.56. The number of pyridine rings is 1. The van der Waals surface area contributed by atoms with Crippen LogP contribution < -0.4 is 19.1 Å². The Morgan fingerprint density at radius 1 is 1.00 bits per heavy atom. The number of aromatic carboxylic acids is 1. The molecule has 3 aliphatic rings. The number of carboxylic acids is 1. The molecule has 1 N–H and O–H groups in total. The predicted octanol–water partition coefficient (Wildman–Crippen LogP) is 7.23. The highest BCUT2D eigenvalue weighted by Gasteiger charge is 2.38. The van der Waals surface area contributed by atoms with E-state index in [0.29, 0.717) is 45.0 Å². The lowest BCUT2D eigenvalue weighted by Gasteiger charge is -2.44. The first-order valence-electron chi connectivity index (χ1n) is 16.3. The zero-order valence-electron chi connectivity index (χ0n) is 27.8. The molecule has 51 heavy (non-hydrogen) atoms. The Kier molecular flexibility index (Phi) is 10.8. The van der Waals surface area contributed by atoms with Crippen LogP contribution in [0.25, 0.3) is 0 Å². The number of carboxylic acid groups (broad SMARTS) is 1. The van der Waals surface area contributed by atoms with Crippen LogP contribution in [0.1, 0.15) is 51.4 Å². The molecule has 10 nitrogen and oxygen atoms in total. The average Bonchev–Trinajstić information content (AvgIpc) is 3.11. The van der Waals surface area contributed by atoms with Crippen molar-refractivity contribution in [2.24, 2.45) is 5.92 Å². The summed E-state index contributed by atoms with van der Waals surface area (Å²) in [5.41, 5.74) is 1.28. The Morgan fingerprint density at radius 2 is 1.71 bits per heavy atom. The molecule has 3 aliphatic heterocycles. The summed E-state index contributed by atoms with van der Waals surface area (Å²) in [6.45, 7) is 2.10. The third kappa shape index (κ3) is 7.83. The van der Waals surface area contributed by atoms with Crippen LogP contribution in [-0.2, 0) is 17.7 Å². The molecule has 3 aromatic carbocycles. The molecule has 268 valence electrons. The van der Waals surface area contributed by atoms with E-state index in [1.165, 1.54) is 26.4 Å². The standard InChI is InChI=1S/C37H35Cl2F2N3O7/c1-49-33-8-4-23(14-34(33)50-2)26(16-28-29(38)18-43(48)19-30(28)39)27-13-21(3-6-25(27)36(45)46)17-44(32-15-24(40)5-7-31(32)41)37(47)51-35-20-42-11-9-22(35)10-12-42/h3-8,13-15,18-19,22,26,35H,9-12,16-17,20H2,1-2H3,(H,45,46)/t26-,35-/m0/s1. The van der Waals surface area contributed by atoms with Crippen LogP contribution in [0.3, 0.4) is 0 Å². The number of hydrogen-bond acceptors (Lipinski definition) is 7. The van der Waals surface area contributed by atoms with E-state index in [0.717, 1.165) is 61.4 Å². The van der Waals surface area contributed by atoms with Gasteiger partial charge >= 0.3 is 12.1 Å². The first kappa shape index (κ1) is 36.2. The van der Waals surface area contributed by atoms with E-state index < -0.39 is 35.7 Å². The van der Waals surface area contributed by atoms with Gasteiger partial charge in [0.2, 0.25) is 0 Å². The molecule has 0 aliphatic carbocycles. The third-order valence-electron chi connectivity index (χ3n) is 9.61. The summed E-state index contributed by atoms with van der Waals surface area (Å²) in [6, 6.07) is 12.4. The van der Waals surface area contributed by atoms with Crippen molar-refractivity contribution < 1.29 is 42.4 Å². The fourth-order valence-electron chi connectivity index (χ4n) is 6.96. The third-order valence-corrected chi connectivity index (χ3v) is 10.3. The highest BCUT2D eigenvalue weighted by molar-refractivity contribution is 6.35. The van der Waals surface area contributed by atoms with E-state index in [-0.39, 0.29) is 40.2 Å². The highest BCUT2D eigenvalue weighted by Crippen LogP contribution is 2.40. The number of hydrogen-bond donors (Lipinski definition) is 1. The van der Waals surface area contributed by atoms with Gasteiger partial charge in [-0.1, -0.05) is 41.4 Å². The van der Waals surface area contributed by atoms with Crippen molar-refractivity contribution in [2.45, 2.75) is 37.8 Å². The number of piperidine rings is 3. The number of amides is 1. The molecule has 0 saturated carbocycles. The first-order chi connectivity index (χ1) is 24.4. The van der Waals surface area contributed by atoms with Crippen LogP contribution >= 0.6 is 23.2 Å². The number of aromatic nitrogens is 1. The summed E-state index contributed by atoms with van der Waals surface area (Å²) in [7, 11) is 2.95. The SMILES string of the molecule is COc1ccc([C@H](Cc2c(Cl)c[n+]([O-])cc2Cl)c2cc(CN(C(=O)O[C@H]3CN4CCC3CC4)c3cc(F)ccc3F)ccc2C(=O)O)cc1OC. The van der Waals surface area contributed by atoms with Crippen LogP contribution in [-0.4, -0.2) is 62.0 Å². The van der Waals surface area contributed by atoms with Crippen LogP contribution in [0.2, 0.25) is 10.0 Å². The number of anilines is 1. The minimum absolute atomic E-state index is 0.0432. The second kappa shape index (κ2) is 15.3. The summed E-state index contributed by atoms with van der Waals surface area (Å²) in [5, 5.41) is 22.6. The minimum Gasteiger partial charge on any atom is -0.619 e. The summed E-state index contributed by atoms with van der Waals surface area (Å²) < 4.78 is 47.2. The van der Waals surface area contributed by atoms with Gasteiger partial charge in [0.05, 0.1) is 32.0 Å². The molecule has 0 unspecified atom stereocenters. The van der Waals surface area contributed by atoms with E-state index in [9.17, 15) is 24.3 Å². The van der Waals surface area contributed by atoms with Gasteiger partial charge in [0, 0.05) is 24.1 Å². The molecule has 14 heteroatoms. The molecular formula is C37H35Cl2F2N3O7. The zero-order valence-corrected chi connectivity index (χ0v) is 29.3. The second-order valence-corrected chi connectivity index (χ2v) is 13.4. The maximum Gasteiger partial charge on any atom is 0.415 e. The monoisotopic (exact) mass is 741 g/mol. The van der Waals surface area contributed by atoms with Gasteiger partial charge in [-0.25, -0.2) is 18.4 Å². The van der Waals surface area contributed by atoms with Gasteiger partial charge in [0.1, 0.15) is 27.8 Å². The van der Waals surface area contributed by atoms with Crippen molar-refractivity contribution in [1.29, 1.82) is 0 Å². The van der Waals surface area contributed by atoms with E-state index >= 15 is 4.39 Å². The molecule has 1 aromatic heterocycles. The van der Waals surface area contributed by atoms with Crippen LogP contribution in [0.4, 0.5) is 19.3 Å². The molecule has 2 atom stereocenters. The Labute approximate surface area is 303 Å². The smallest absolute Gasteiger partial charge is 0.415 e. The van der Waals surface area contributed by atoms with Crippen molar-refractivity contribution >= 4 is 41.0 Å². The number of carbonyl (C=O) groups is 2. The second-order valence-electron chi connectivity index (χ2n) is 12.6. The Hall–Kier alpha value is -4.65. The minimum atomic E-state index is -1.24. The molecule has 1 amide bonds. The summed E-state index contributed by atoms with van der Waals surface area (Å²) in [5.74, 6) is -2.61. The van der Waals surface area contributed by atoms with Gasteiger partial charge < -0.3 is 24.5 Å². The van der Waals surface area contributed by atoms with Crippen molar-refractivity contribution in [3.8, 4) is 11.5 Å². The van der Waals surface area contributed by atoms with Crippen molar-refractivity contribution in [3.05, 3.63) is 122 Å². The van der Waals surface area contributed by atoms with Crippen molar-refractivity contribution in [3.63, 3.8) is 0 Å². The van der Waals surface area contributed by atoms with Crippen LogP contribution in [0.15, 0.2) is 67.0 Å². The van der Waals surface area contributed by atoms with E-state index in [2.05, 4.69) is 4.90 Å². The number of ether oxygens (including phenoxy) is 3. The summed E-state index contributed by atoms with van der Waals surface area (Å²) in [6.07, 6.45) is 2.81. The van der Waals surface area contributed by atoms with E-state index in [1.807, 2.05) is 0 Å². The normalized spacial score (nSPS) is 18.6. The van der Waals surface area contributed by atoms with Gasteiger partial charge in [0.25, 0.3) is 0 Å². The largest absolute Gasteiger partial charge is 0.619 e. The lowest BCUT2D eigenvalue weighted by molar-refractivity contribution is -0.605.